The summed E-state index contributed by atoms with van der Waals surface area (Å²) in [5.41, 5.74) is 0.914. The van der Waals surface area contributed by atoms with Crippen LogP contribution in [-0.2, 0) is 13.0 Å². The summed E-state index contributed by atoms with van der Waals surface area (Å²) in [4.78, 5) is 11.0. The quantitative estimate of drug-likeness (QED) is 0.851. The fourth-order valence-corrected chi connectivity index (χ4v) is 2.57. The molecule has 0 bridgehead atoms. The molecule has 2 rings (SSSR count). The van der Waals surface area contributed by atoms with E-state index in [9.17, 15) is 4.79 Å². The molecule has 1 aromatic heterocycles. The van der Waals surface area contributed by atoms with Crippen molar-refractivity contribution in [2.24, 2.45) is 5.92 Å². The van der Waals surface area contributed by atoms with Crippen molar-refractivity contribution in [2.45, 2.75) is 52.0 Å². The first-order valence-electron chi connectivity index (χ1n) is 6.38. The van der Waals surface area contributed by atoms with Gasteiger partial charge in [-0.15, -0.1) is 5.10 Å². The highest BCUT2D eigenvalue weighted by Crippen LogP contribution is 2.26. The van der Waals surface area contributed by atoms with E-state index in [0.717, 1.165) is 25.1 Å². The first kappa shape index (κ1) is 12.1. The van der Waals surface area contributed by atoms with E-state index in [4.69, 9.17) is 5.11 Å². The van der Waals surface area contributed by atoms with Gasteiger partial charge in [0.15, 0.2) is 5.69 Å². The van der Waals surface area contributed by atoms with Gasteiger partial charge in [-0.05, 0) is 25.2 Å². The molecular weight excluding hydrogens is 218 g/mol. The monoisotopic (exact) mass is 237 g/mol. The lowest BCUT2D eigenvalue weighted by Gasteiger charge is -2.11. The van der Waals surface area contributed by atoms with Crippen molar-refractivity contribution in [1.29, 1.82) is 0 Å². The first-order valence-corrected chi connectivity index (χ1v) is 6.38. The number of aromatic nitrogens is 3. The van der Waals surface area contributed by atoms with Gasteiger partial charge in [-0.3, -0.25) is 0 Å². The van der Waals surface area contributed by atoms with Gasteiger partial charge in [-0.2, -0.15) is 0 Å². The number of aromatic carboxylic acids is 1. The number of hydrogen-bond donors (Lipinski definition) is 1. The summed E-state index contributed by atoms with van der Waals surface area (Å²) in [5.74, 6) is -0.319. The molecule has 1 aromatic rings. The summed E-state index contributed by atoms with van der Waals surface area (Å²) >= 11 is 0. The smallest absolute Gasteiger partial charge is 0.358 e. The molecule has 0 atom stereocenters. The molecule has 0 aromatic carbocycles. The first-order chi connectivity index (χ1) is 8.22. The van der Waals surface area contributed by atoms with Gasteiger partial charge in [0.05, 0.1) is 5.69 Å². The van der Waals surface area contributed by atoms with E-state index >= 15 is 0 Å². The van der Waals surface area contributed by atoms with Crippen molar-refractivity contribution >= 4 is 5.97 Å². The molecule has 1 aliphatic carbocycles. The zero-order chi connectivity index (χ0) is 12.3. The largest absolute Gasteiger partial charge is 0.476 e. The average Bonchev–Trinajstić information content (AvgIpc) is 2.90. The van der Waals surface area contributed by atoms with E-state index < -0.39 is 5.97 Å². The number of carboxylic acid groups (broad SMARTS) is 1. The van der Waals surface area contributed by atoms with Crippen LogP contribution >= 0.6 is 0 Å². The third kappa shape index (κ3) is 2.65. The van der Waals surface area contributed by atoms with Crippen LogP contribution < -0.4 is 0 Å². The van der Waals surface area contributed by atoms with Crippen molar-refractivity contribution in [3.63, 3.8) is 0 Å². The maximum Gasteiger partial charge on any atom is 0.358 e. The average molecular weight is 237 g/mol. The third-order valence-electron chi connectivity index (χ3n) is 3.43. The van der Waals surface area contributed by atoms with Crippen LogP contribution in [0.3, 0.4) is 0 Å². The topological polar surface area (TPSA) is 68.0 Å². The van der Waals surface area contributed by atoms with E-state index in [1.807, 2.05) is 11.6 Å². The molecule has 17 heavy (non-hydrogen) atoms. The highest BCUT2D eigenvalue weighted by atomic mass is 16.4. The van der Waals surface area contributed by atoms with Gasteiger partial charge >= 0.3 is 5.97 Å². The fraction of sp³-hybridized carbons (Fsp3) is 0.750. The van der Waals surface area contributed by atoms with E-state index in [1.54, 1.807) is 0 Å². The molecule has 5 nitrogen and oxygen atoms in total. The van der Waals surface area contributed by atoms with E-state index in [1.165, 1.54) is 25.7 Å². The fourth-order valence-electron chi connectivity index (χ4n) is 2.57. The van der Waals surface area contributed by atoms with Gasteiger partial charge in [0.25, 0.3) is 0 Å². The molecule has 0 spiro atoms. The summed E-state index contributed by atoms with van der Waals surface area (Å²) in [7, 11) is 0. The molecular formula is C12H19N3O2. The lowest BCUT2D eigenvalue weighted by molar-refractivity contribution is 0.0689. The van der Waals surface area contributed by atoms with Gasteiger partial charge < -0.3 is 5.11 Å². The Morgan fingerprint density at radius 3 is 2.76 bits per heavy atom. The minimum Gasteiger partial charge on any atom is -0.476 e. The summed E-state index contributed by atoms with van der Waals surface area (Å²) in [6, 6.07) is 0. The molecule has 1 N–H and O–H groups in total. The molecule has 0 unspecified atom stereocenters. The van der Waals surface area contributed by atoms with E-state index in [0.29, 0.717) is 5.92 Å². The molecule has 0 amide bonds. The normalized spacial score (nSPS) is 16.5. The van der Waals surface area contributed by atoms with E-state index in [-0.39, 0.29) is 5.69 Å². The predicted molar refractivity (Wildman–Crippen MR) is 62.9 cm³/mol. The van der Waals surface area contributed by atoms with Gasteiger partial charge in [0.1, 0.15) is 0 Å². The van der Waals surface area contributed by atoms with Crippen molar-refractivity contribution in [1.82, 2.24) is 15.0 Å². The second-order valence-electron chi connectivity index (χ2n) is 4.77. The number of rotatable bonds is 5. The number of nitrogens with zero attached hydrogens (tertiary/aromatic N) is 3. The SMILES string of the molecule is CCCc1c(C(=O)O)nnn1CC1CCCC1. The van der Waals surface area contributed by atoms with Crippen LogP contribution in [-0.4, -0.2) is 26.1 Å². The molecule has 1 fully saturated rings. The number of hydrogen-bond acceptors (Lipinski definition) is 3. The molecule has 1 saturated carbocycles. The van der Waals surface area contributed by atoms with Crippen LogP contribution in [0.4, 0.5) is 0 Å². The molecule has 0 saturated heterocycles. The lowest BCUT2D eigenvalue weighted by Crippen LogP contribution is -2.13. The van der Waals surface area contributed by atoms with Gasteiger partial charge in [-0.25, -0.2) is 9.48 Å². The van der Waals surface area contributed by atoms with Crippen molar-refractivity contribution in [3.8, 4) is 0 Å². The molecule has 5 heteroatoms. The molecule has 0 aliphatic heterocycles. The Kier molecular flexibility index (Phi) is 3.76. The molecule has 94 valence electrons. The molecule has 1 heterocycles. The minimum absolute atomic E-state index is 0.129. The minimum atomic E-state index is -0.967. The maximum absolute atomic E-state index is 11.0. The van der Waals surface area contributed by atoms with Crippen LogP contribution in [0.5, 0.6) is 0 Å². The number of carbonyl (C=O) groups is 1. The Labute approximate surface area is 101 Å². The van der Waals surface area contributed by atoms with Crippen LogP contribution in [0, 0.1) is 5.92 Å². The Morgan fingerprint density at radius 2 is 2.18 bits per heavy atom. The standard InChI is InChI=1S/C12H19N3O2/c1-2-5-10-11(12(16)17)13-14-15(10)8-9-6-3-4-7-9/h9H,2-8H2,1H3,(H,16,17). The second kappa shape index (κ2) is 5.29. The Hall–Kier alpha value is -1.39. The van der Waals surface area contributed by atoms with Crippen molar-refractivity contribution in [2.75, 3.05) is 0 Å². The van der Waals surface area contributed by atoms with Crippen LogP contribution in [0.1, 0.15) is 55.2 Å². The zero-order valence-electron chi connectivity index (χ0n) is 10.2. The van der Waals surface area contributed by atoms with Crippen LogP contribution in [0.25, 0.3) is 0 Å². The number of carboxylic acids is 1. The Balaban J connectivity index is 2.17. The third-order valence-corrected chi connectivity index (χ3v) is 3.43. The summed E-state index contributed by atoms with van der Waals surface area (Å²) in [5, 5.41) is 16.8. The Morgan fingerprint density at radius 1 is 1.47 bits per heavy atom. The summed E-state index contributed by atoms with van der Waals surface area (Å²) < 4.78 is 1.81. The predicted octanol–water partition coefficient (Wildman–Crippen LogP) is 2.12. The van der Waals surface area contributed by atoms with Gasteiger partial charge in [0.2, 0.25) is 0 Å². The molecule has 1 aliphatic rings. The van der Waals surface area contributed by atoms with Gasteiger partial charge in [0, 0.05) is 6.54 Å². The highest BCUT2D eigenvalue weighted by Gasteiger charge is 2.22. The van der Waals surface area contributed by atoms with Gasteiger partial charge in [-0.1, -0.05) is 31.4 Å². The second-order valence-corrected chi connectivity index (χ2v) is 4.77. The lowest BCUT2D eigenvalue weighted by atomic mass is 10.1. The highest BCUT2D eigenvalue weighted by molar-refractivity contribution is 5.86. The van der Waals surface area contributed by atoms with E-state index in [2.05, 4.69) is 10.3 Å². The van der Waals surface area contributed by atoms with Crippen LogP contribution in [0.2, 0.25) is 0 Å². The maximum atomic E-state index is 11.0. The van der Waals surface area contributed by atoms with Crippen LogP contribution in [0.15, 0.2) is 0 Å². The Bertz CT molecular complexity index is 394. The summed E-state index contributed by atoms with van der Waals surface area (Å²) in [6.07, 6.45) is 6.68. The zero-order valence-corrected chi connectivity index (χ0v) is 10.2. The van der Waals surface area contributed by atoms with Crippen molar-refractivity contribution < 1.29 is 9.90 Å². The van der Waals surface area contributed by atoms with Crippen molar-refractivity contribution in [3.05, 3.63) is 11.4 Å². The summed E-state index contributed by atoms with van der Waals surface area (Å²) in [6.45, 7) is 2.87. The molecule has 0 radical (unpaired) electrons.